The molecule has 0 atom stereocenters. The van der Waals surface area contributed by atoms with Crippen molar-refractivity contribution < 1.29 is 9.84 Å². The van der Waals surface area contributed by atoms with E-state index in [4.69, 9.17) is 21.3 Å². The number of aryl methyl sites for hydroxylation is 1. The topological polar surface area (TPSA) is 80.8 Å². The van der Waals surface area contributed by atoms with E-state index in [0.717, 1.165) is 42.9 Å². The lowest BCUT2D eigenvalue weighted by Gasteiger charge is -2.40. The number of hydrogen-bond acceptors (Lipinski definition) is 5. The van der Waals surface area contributed by atoms with Gasteiger partial charge >= 0.3 is 0 Å². The molecule has 1 aliphatic heterocycles. The minimum atomic E-state index is -0.291. The van der Waals surface area contributed by atoms with Gasteiger partial charge in [-0.1, -0.05) is 43.5 Å². The molecule has 0 unspecified atom stereocenters. The van der Waals surface area contributed by atoms with Crippen molar-refractivity contribution in [2.75, 3.05) is 31.7 Å². The first-order valence-electron chi connectivity index (χ1n) is 10.4. The van der Waals surface area contributed by atoms with Crippen LogP contribution < -0.4 is 10.9 Å². The van der Waals surface area contributed by atoms with Crippen LogP contribution in [0.5, 0.6) is 0 Å². The van der Waals surface area contributed by atoms with E-state index in [1.54, 1.807) is 16.7 Å². The largest absolute Gasteiger partial charge is 0.396 e. The molecule has 0 amide bonds. The molecular weight excluding hydrogens is 404 g/mol. The van der Waals surface area contributed by atoms with Crippen LogP contribution in [0.25, 0.3) is 17.0 Å². The molecule has 2 aromatic heterocycles. The fourth-order valence-electron chi connectivity index (χ4n) is 3.66. The van der Waals surface area contributed by atoms with Gasteiger partial charge in [0.15, 0.2) is 0 Å². The highest BCUT2D eigenvalue weighted by molar-refractivity contribution is 6.30. The van der Waals surface area contributed by atoms with Gasteiger partial charge in [0.1, 0.15) is 5.82 Å². The lowest BCUT2D eigenvalue weighted by Crippen LogP contribution is -2.50. The van der Waals surface area contributed by atoms with Gasteiger partial charge in [-0.25, -0.2) is 4.98 Å². The van der Waals surface area contributed by atoms with Crippen molar-refractivity contribution in [3.8, 4) is 11.3 Å². The summed E-state index contributed by atoms with van der Waals surface area (Å²) in [5.41, 5.74) is 1.20. The first-order valence-corrected chi connectivity index (χ1v) is 10.7. The third-order valence-electron chi connectivity index (χ3n) is 5.64. The van der Waals surface area contributed by atoms with Crippen LogP contribution in [-0.2, 0) is 11.3 Å². The number of nitrogens with one attached hydrogen (secondary N) is 1. The zero-order valence-electron chi connectivity index (χ0n) is 17.1. The number of fused-ring (bicyclic) bond motifs is 1. The van der Waals surface area contributed by atoms with Gasteiger partial charge in [0, 0.05) is 35.9 Å². The number of hydrogen-bond donors (Lipinski definition) is 2. The quantitative estimate of drug-likeness (QED) is 0.508. The van der Waals surface area contributed by atoms with E-state index in [1.807, 2.05) is 24.3 Å². The number of unbranched alkanes of at least 4 members (excludes halogenated alkanes) is 2. The van der Waals surface area contributed by atoms with Crippen molar-refractivity contribution in [1.82, 2.24) is 14.0 Å². The summed E-state index contributed by atoms with van der Waals surface area (Å²) in [4.78, 5) is 17.6. The van der Waals surface area contributed by atoms with Crippen LogP contribution in [-0.4, -0.2) is 45.4 Å². The fourth-order valence-corrected chi connectivity index (χ4v) is 3.79. The van der Waals surface area contributed by atoms with E-state index >= 15 is 0 Å². The van der Waals surface area contributed by atoms with Crippen molar-refractivity contribution in [1.29, 1.82) is 0 Å². The molecule has 8 heteroatoms. The molecule has 0 saturated carbocycles. The summed E-state index contributed by atoms with van der Waals surface area (Å²) < 4.78 is 8.94. The Kier molecular flexibility index (Phi) is 6.13. The van der Waals surface area contributed by atoms with E-state index in [0.29, 0.717) is 30.6 Å². The Morgan fingerprint density at radius 2 is 2.03 bits per heavy atom. The predicted molar refractivity (Wildman–Crippen MR) is 118 cm³/mol. The van der Waals surface area contributed by atoms with E-state index in [9.17, 15) is 9.90 Å². The number of anilines is 1. The number of aliphatic hydroxyl groups excluding tert-OH is 1. The highest BCUT2D eigenvalue weighted by atomic mass is 35.5. The lowest BCUT2D eigenvalue weighted by molar-refractivity contribution is -0.128. The molecule has 160 valence electrons. The SMILES string of the molecule is CCCCCn1c(NCC2(CO)COC2)cc(=O)n2cc(-c3ccc(Cl)cc3)nc12. The molecule has 0 bridgehead atoms. The summed E-state index contributed by atoms with van der Waals surface area (Å²) in [6.07, 6.45) is 4.96. The molecule has 1 aliphatic rings. The summed E-state index contributed by atoms with van der Waals surface area (Å²) in [5, 5.41) is 13.8. The van der Waals surface area contributed by atoms with E-state index in [1.165, 1.54) is 0 Å². The molecule has 7 nitrogen and oxygen atoms in total. The highest BCUT2D eigenvalue weighted by Gasteiger charge is 2.38. The zero-order chi connectivity index (χ0) is 21.1. The van der Waals surface area contributed by atoms with Crippen LogP contribution in [0.4, 0.5) is 5.82 Å². The number of aliphatic hydroxyl groups is 1. The van der Waals surface area contributed by atoms with Crippen molar-refractivity contribution in [2.24, 2.45) is 5.41 Å². The molecule has 2 N–H and O–H groups in total. The van der Waals surface area contributed by atoms with Gasteiger partial charge in [-0.15, -0.1) is 0 Å². The number of aromatic nitrogens is 3. The standard InChI is InChI=1S/C22H27ClN4O3/c1-2-3-4-9-26-19(24-12-22(13-28)14-30-15-22)10-20(29)27-11-18(25-21(26)27)16-5-7-17(23)8-6-16/h5-8,10-11,24,28H,2-4,9,12-15H2,1H3. The van der Waals surface area contributed by atoms with Gasteiger partial charge in [0.25, 0.3) is 5.56 Å². The first kappa shape index (κ1) is 20.9. The maximum atomic E-state index is 12.8. The number of imidazole rings is 1. The predicted octanol–water partition coefficient (Wildman–Crippen LogP) is 3.43. The molecule has 30 heavy (non-hydrogen) atoms. The van der Waals surface area contributed by atoms with Gasteiger partial charge < -0.3 is 15.2 Å². The van der Waals surface area contributed by atoms with Crippen molar-refractivity contribution >= 4 is 23.2 Å². The second-order valence-corrected chi connectivity index (χ2v) is 8.47. The van der Waals surface area contributed by atoms with Crippen LogP contribution in [0, 0.1) is 5.41 Å². The van der Waals surface area contributed by atoms with Crippen LogP contribution in [0.2, 0.25) is 5.02 Å². The molecular formula is C22H27ClN4O3. The van der Waals surface area contributed by atoms with E-state index in [2.05, 4.69) is 16.8 Å². The first-order chi connectivity index (χ1) is 14.5. The van der Waals surface area contributed by atoms with Gasteiger partial charge in [-0.05, 0) is 18.6 Å². The van der Waals surface area contributed by atoms with Gasteiger partial charge in [0.2, 0.25) is 5.78 Å². The van der Waals surface area contributed by atoms with Gasteiger partial charge in [-0.3, -0.25) is 13.8 Å². The second-order valence-electron chi connectivity index (χ2n) is 8.03. The molecule has 0 spiro atoms. The molecule has 0 aliphatic carbocycles. The smallest absolute Gasteiger partial charge is 0.261 e. The van der Waals surface area contributed by atoms with Crippen LogP contribution in [0.1, 0.15) is 26.2 Å². The van der Waals surface area contributed by atoms with Crippen LogP contribution in [0.15, 0.2) is 41.3 Å². The monoisotopic (exact) mass is 430 g/mol. The number of nitrogens with zero attached hydrogens (tertiary/aromatic N) is 3. The Labute approximate surface area is 180 Å². The molecule has 1 aromatic carbocycles. The minimum absolute atomic E-state index is 0.0480. The number of benzene rings is 1. The summed E-state index contributed by atoms with van der Waals surface area (Å²) in [6.45, 7) is 4.53. The maximum absolute atomic E-state index is 12.8. The average Bonchev–Trinajstić information content (AvgIpc) is 3.16. The summed E-state index contributed by atoms with van der Waals surface area (Å²) >= 11 is 6.01. The molecule has 4 rings (SSSR count). The third kappa shape index (κ3) is 4.10. The molecule has 3 aromatic rings. The minimum Gasteiger partial charge on any atom is -0.396 e. The average molecular weight is 431 g/mol. The molecule has 3 heterocycles. The highest BCUT2D eigenvalue weighted by Crippen LogP contribution is 2.28. The Bertz CT molecular complexity index is 1060. The second kappa shape index (κ2) is 8.79. The Morgan fingerprint density at radius 3 is 2.67 bits per heavy atom. The lowest BCUT2D eigenvalue weighted by atomic mass is 9.87. The maximum Gasteiger partial charge on any atom is 0.261 e. The fraction of sp³-hybridized carbons (Fsp3) is 0.455. The van der Waals surface area contributed by atoms with Gasteiger partial charge in [0.05, 0.1) is 30.9 Å². The number of ether oxygens (including phenoxy) is 1. The normalized spacial score (nSPS) is 15.3. The molecule has 0 radical (unpaired) electrons. The van der Waals surface area contributed by atoms with Crippen molar-refractivity contribution in [3.63, 3.8) is 0 Å². The number of halogens is 1. The van der Waals surface area contributed by atoms with E-state index < -0.39 is 0 Å². The third-order valence-corrected chi connectivity index (χ3v) is 5.89. The van der Waals surface area contributed by atoms with Crippen molar-refractivity contribution in [3.05, 3.63) is 51.9 Å². The van der Waals surface area contributed by atoms with Crippen LogP contribution >= 0.6 is 11.6 Å². The summed E-state index contributed by atoms with van der Waals surface area (Å²) in [6, 6.07) is 9.04. The van der Waals surface area contributed by atoms with Crippen LogP contribution in [0.3, 0.4) is 0 Å². The summed E-state index contributed by atoms with van der Waals surface area (Å²) in [5.74, 6) is 1.32. The Morgan fingerprint density at radius 1 is 1.27 bits per heavy atom. The van der Waals surface area contributed by atoms with Crippen molar-refractivity contribution in [2.45, 2.75) is 32.7 Å². The number of rotatable bonds is 9. The van der Waals surface area contributed by atoms with E-state index in [-0.39, 0.29) is 17.6 Å². The zero-order valence-corrected chi connectivity index (χ0v) is 17.9. The molecule has 1 saturated heterocycles. The summed E-state index contributed by atoms with van der Waals surface area (Å²) in [7, 11) is 0. The Balaban J connectivity index is 1.73. The Hall–Kier alpha value is -2.35. The van der Waals surface area contributed by atoms with Gasteiger partial charge in [-0.2, -0.15) is 0 Å². The molecule has 1 fully saturated rings.